The summed E-state index contributed by atoms with van der Waals surface area (Å²) in [6, 6.07) is 0.770. The molecule has 0 unspecified atom stereocenters. The summed E-state index contributed by atoms with van der Waals surface area (Å²) in [7, 11) is 0. The maximum atomic E-state index is 6.12. The van der Waals surface area contributed by atoms with Gasteiger partial charge >= 0.3 is 0 Å². The van der Waals surface area contributed by atoms with E-state index in [1.807, 2.05) is 6.20 Å². The van der Waals surface area contributed by atoms with E-state index >= 15 is 0 Å². The van der Waals surface area contributed by atoms with Crippen LogP contribution in [0, 0.1) is 5.92 Å². The van der Waals surface area contributed by atoms with Crippen molar-refractivity contribution in [3.8, 4) is 0 Å². The minimum Gasteiger partial charge on any atom is -0.445 e. The van der Waals surface area contributed by atoms with Crippen LogP contribution in [0.25, 0.3) is 0 Å². The maximum Gasteiger partial charge on any atom is 0.195 e. The van der Waals surface area contributed by atoms with Gasteiger partial charge in [0.15, 0.2) is 5.89 Å². The minimum atomic E-state index is 0.281. The summed E-state index contributed by atoms with van der Waals surface area (Å²) in [5.41, 5.74) is 0.281. The second-order valence-corrected chi connectivity index (χ2v) is 7.18. The fraction of sp³-hybridized carbons (Fsp3) is 0.824. The molecule has 0 saturated heterocycles. The Morgan fingerprint density at radius 2 is 2.10 bits per heavy atom. The van der Waals surface area contributed by atoms with E-state index in [0.717, 1.165) is 36.6 Å². The number of nitrogens with one attached hydrogen (secondary N) is 1. The highest BCUT2D eigenvalue weighted by atomic mass is 16.4. The molecule has 2 aliphatic carbocycles. The van der Waals surface area contributed by atoms with Crippen molar-refractivity contribution in [2.75, 3.05) is 6.54 Å². The average molecular weight is 276 g/mol. The lowest BCUT2D eigenvalue weighted by Crippen LogP contribution is -2.23. The van der Waals surface area contributed by atoms with E-state index < -0.39 is 0 Å². The Balaban J connectivity index is 1.63. The second kappa shape index (κ2) is 5.88. The van der Waals surface area contributed by atoms with Crippen LogP contribution in [0.3, 0.4) is 0 Å². The first-order chi connectivity index (χ1) is 9.68. The number of rotatable bonds is 7. The number of aromatic nitrogens is 1. The zero-order valence-corrected chi connectivity index (χ0v) is 13.0. The molecular weight excluding hydrogens is 248 g/mol. The van der Waals surface area contributed by atoms with E-state index in [2.05, 4.69) is 24.1 Å². The summed E-state index contributed by atoms with van der Waals surface area (Å²) in [6.45, 7) is 5.63. The normalized spacial score (nSPS) is 21.8. The molecule has 2 saturated carbocycles. The van der Waals surface area contributed by atoms with Crippen LogP contribution >= 0.6 is 0 Å². The van der Waals surface area contributed by atoms with Crippen LogP contribution in [-0.2, 0) is 11.8 Å². The molecule has 1 aromatic heterocycles. The Morgan fingerprint density at radius 1 is 1.35 bits per heavy atom. The number of oxazole rings is 1. The standard InChI is InChI=1S/C17H28N2O/c1-13(2)11-17(8-3-4-9-17)15-12-19-16(20-15)7-10-18-14-5-6-14/h12-14,18H,3-11H2,1-2H3. The Kier molecular flexibility index (Phi) is 4.16. The Hall–Kier alpha value is -0.830. The van der Waals surface area contributed by atoms with Gasteiger partial charge in [-0.1, -0.05) is 26.7 Å². The number of hydrogen-bond donors (Lipinski definition) is 1. The molecule has 0 aromatic carbocycles. The maximum absolute atomic E-state index is 6.12. The largest absolute Gasteiger partial charge is 0.445 e. The van der Waals surface area contributed by atoms with Crippen LogP contribution in [0.2, 0.25) is 0 Å². The summed E-state index contributed by atoms with van der Waals surface area (Å²) in [5.74, 6) is 2.80. The minimum absolute atomic E-state index is 0.281. The summed E-state index contributed by atoms with van der Waals surface area (Å²) in [4.78, 5) is 4.52. The van der Waals surface area contributed by atoms with E-state index in [1.165, 1.54) is 44.9 Å². The highest BCUT2D eigenvalue weighted by Crippen LogP contribution is 2.45. The van der Waals surface area contributed by atoms with Gasteiger partial charge in [-0.3, -0.25) is 0 Å². The molecule has 1 heterocycles. The highest BCUT2D eigenvalue weighted by Gasteiger charge is 2.39. The van der Waals surface area contributed by atoms with E-state index in [1.54, 1.807) is 0 Å². The fourth-order valence-electron chi connectivity index (χ4n) is 3.73. The molecule has 1 N–H and O–H groups in total. The van der Waals surface area contributed by atoms with Crippen molar-refractivity contribution in [3.63, 3.8) is 0 Å². The molecule has 20 heavy (non-hydrogen) atoms. The summed E-state index contributed by atoms with van der Waals surface area (Å²) in [6.07, 6.45) is 12.1. The monoisotopic (exact) mass is 276 g/mol. The molecule has 0 aliphatic heterocycles. The van der Waals surface area contributed by atoms with Gasteiger partial charge in [0.1, 0.15) is 5.76 Å². The first-order valence-corrected chi connectivity index (χ1v) is 8.36. The summed E-state index contributed by atoms with van der Waals surface area (Å²) in [5, 5.41) is 3.53. The van der Waals surface area contributed by atoms with Gasteiger partial charge in [-0.25, -0.2) is 4.98 Å². The van der Waals surface area contributed by atoms with Crippen molar-refractivity contribution < 1.29 is 4.42 Å². The van der Waals surface area contributed by atoms with Gasteiger partial charge in [-0.2, -0.15) is 0 Å². The molecule has 0 radical (unpaired) electrons. The van der Waals surface area contributed by atoms with Gasteiger partial charge in [-0.15, -0.1) is 0 Å². The van der Waals surface area contributed by atoms with Gasteiger partial charge in [0.05, 0.1) is 6.20 Å². The Labute approximate surface area is 122 Å². The van der Waals surface area contributed by atoms with Gasteiger partial charge in [0.2, 0.25) is 0 Å². The molecule has 2 aliphatic rings. The quantitative estimate of drug-likeness (QED) is 0.822. The molecule has 3 rings (SSSR count). The first-order valence-electron chi connectivity index (χ1n) is 8.36. The zero-order chi connectivity index (χ0) is 14.0. The number of hydrogen-bond acceptors (Lipinski definition) is 3. The third-order valence-electron chi connectivity index (χ3n) is 4.79. The zero-order valence-electron chi connectivity index (χ0n) is 13.0. The molecule has 2 fully saturated rings. The molecular formula is C17H28N2O. The van der Waals surface area contributed by atoms with Gasteiger partial charge < -0.3 is 9.73 Å². The van der Waals surface area contributed by atoms with Crippen molar-refractivity contribution in [2.45, 2.75) is 76.7 Å². The Bertz CT molecular complexity index is 428. The molecule has 3 heteroatoms. The predicted molar refractivity (Wildman–Crippen MR) is 80.8 cm³/mol. The SMILES string of the molecule is CC(C)CC1(c2cnc(CCNC3CC3)o2)CCCC1. The molecule has 3 nitrogen and oxygen atoms in total. The summed E-state index contributed by atoms with van der Waals surface area (Å²) < 4.78 is 6.12. The van der Waals surface area contributed by atoms with Gasteiger partial charge in [0, 0.05) is 24.4 Å². The van der Waals surface area contributed by atoms with E-state index in [4.69, 9.17) is 4.42 Å². The molecule has 0 bridgehead atoms. The van der Waals surface area contributed by atoms with Crippen LogP contribution in [0.5, 0.6) is 0 Å². The van der Waals surface area contributed by atoms with Crippen molar-refractivity contribution in [1.82, 2.24) is 10.3 Å². The van der Waals surface area contributed by atoms with Gasteiger partial charge in [-0.05, 0) is 38.0 Å². The lowest BCUT2D eigenvalue weighted by molar-refractivity contribution is 0.277. The molecule has 112 valence electrons. The van der Waals surface area contributed by atoms with E-state index in [9.17, 15) is 0 Å². The van der Waals surface area contributed by atoms with Crippen LogP contribution in [0.1, 0.15) is 70.4 Å². The molecule has 0 amide bonds. The van der Waals surface area contributed by atoms with Crippen LogP contribution in [0.15, 0.2) is 10.6 Å². The van der Waals surface area contributed by atoms with Crippen molar-refractivity contribution in [3.05, 3.63) is 17.8 Å². The van der Waals surface area contributed by atoms with Crippen LogP contribution in [-0.4, -0.2) is 17.6 Å². The van der Waals surface area contributed by atoms with Crippen LogP contribution < -0.4 is 5.32 Å². The third-order valence-corrected chi connectivity index (χ3v) is 4.79. The van der Waals surface area contributed by atoms with Gasteiger partial charge in [0.25, 0.3) is 0 Å². The smallest absolute Gasteiger partial charge is 0.195 e. The van der Waals surface area contributed by atoms with Crippen molar-refractivity contribution in [2.24, 2.45) is 5.92 Å². The van der Waals surface area contributed by atoms with Crippen molar-refractivity contribution in [1.29, 1.82) is 0 Å². The van der Waals surface area contributed by atoms with Crippen molar-refractivity contribution >= 4 is 0 Å². The second-order valence-electron chi connectivity index (χ2n) is 7.18. The van der Waals surface area contributed by atoms with E-state index in [0.29, 0.717) is 0 Å². The topological polar surface area (TPSA) is 38.1 Å². The molecule has 0 spiro atoms. The molecule has 1 aromatic rings. The Morgan fingerprint density at radius 3 is 2.75 bits per heavy atom. The lowest BCUT2D eigenvalue weighted by atomic mass is 9.77. The van der Waals surface area contributed by atoms with Crippen LogP contribution in [0.4, 0.5) is 0 Å². The predicted octanol–water partition coefficient (Wildman–Crippen LogP) is 3.83. The average Bonchev–Trinajstić information content (AvgIpc) is 2.89. The number of nitrogens with zero attached hydrogens (tertiary/aromatic N) is 1. The summed E-state index contributed by atoms with van der Waals surface area (Å²) >= 11 is 0. The first kappa shape index (κ1) is 14.1. The van der Waals surface area contributed by atoms with E-state index in [-0.39, 0.29) is 5.41 Å². The third kappa shape index (κ3) is 3.25. The lowest BCUT2D eigenvalue weighted by Gasteiger charge is -2.28. The highest BCUT2D eigenvalue weighted by molar-refractivity contribution is 5.14. The molecule has 0 atom stereocenters. The fourth-order valence-corrected chi connectivity index (χ4v) is 3.73.